The van der Waals surface area contributed by atoms with Gasteiger partial charge in [0.25, 0.3) is 0 Å². The first-order chi connectivity index (χ1) is 9.52. The van der Waals surface area contributed by atoms with Crippen molar-refractivity contribution in [1.82, 2.24) is 9.80 Å². The molecule has 0 saturated carbocycles. The Bertz CT molecular complexity index is 512. The third-order valence-corrected chi connectivity index (χ3v) is 5.50. The highest BCUT2D eigenvalue weighted by Crippen LogP contribution is 2.38. The third-order valence-electron chi connectivity index (χ3n) is 5.50. The van der Waals surface area contributed by atoms with Crippen LogP contribution in [0, 0.1) is 13.8 Å². The van der Waals surface area contributed by atoms with E-state index in [-0.39, 0.29) is 0 Å². The molecule has 2 aliphatic heterocycles. The van der Waals surface area contributed by atoms with Gasteiger partial charge < -0.3 is 9.64 Å². The fourth-order valence-electron chi connectivity index (χ4n) is 4.04. The van der Waals surface area contributed by atoms with Crippen LogP contribution in [0.15, 0.2) is 12.1 Å². The molecule has 1 aromatic carbocycles. The van der Waals surface area contributed by atoms with Crippen LogP contribution in [0.4, 0.5) is 0 Å². The fourth-order valence-corrected chi connectivity index (χ4v) is 4.04. The predicted octanol–water partition coefficient (Wildman–Crippen LogP) is 2.76. The molecule has 0 aromatic heterocycles. The number of piperazine rings is 1. The van der Waals surface area contributed by atoms with Crippen molar-refractivity contribution in [3.63, 3.8) is 0 Å². The van der Waals surface area contributed by atoms with E-state index in [4.69, 9.17) is 4.74 Å². The molecule has 3 heteroatoms. The SMILES string of the molecule is COc1ccc([C@H](C)N2C[C@@H]3C[C@H]2CN3C)c(C)c1C. The maximum atomic E-state index is 5.43. The smallest absolute Gasteiger partial charge is 0.122 e. The van der Waals surface area contributed by atoms with Gasteiger partial charge in [0.2, 0.25) is 0 Å². The molecule has 2 bridgehead atoms. The number of nitrogens with zero attached hydrogens (tertiary/aromatic N) is 2. The van der Waals surface area contributed by atoms with Gasteiger partial charge in [0.05, 0.1) is 7.11 Å². The minimum Gasteiger partial charge on any atom is -0.496 e. The number of benzene rings is 1. The molecule has 0 spiro atoms. The first kappa shape index (κ1) is 13.9. The van der Waals surface area contributed by atoms with Crippen molar-refractivity contribution in [2.24, 2.45) is 0 Å². The Balaban J connectivity index is 1.85. The molecule has 2 heterocycles. The van der Waals surface area contributed by atoms with Gasteiger partial charge in [-0.1, -0.05) is 6.07 Å². The van der Waals surface area contributed by atoms with Crippen LogP contribution in [0.1, 0.15) is 36.1 Å². The standard InChI is InChI=1S/C17H26N2O/c1-11-12(2)17(20-5)7-6-16(11)13(3)19-10-14-8-15(19)9-18(14)4/h6-7,13-15H,8-10H2,1-5H3/t13-,14-,15-/m0/s1. The first-order valence-electron chi connectivity index (χ1n) is 7.63. The third kappa shape index (κ3) is 2.04. The summed E-state index contributed by atoms with van der Waals surface area (Å²) < 4.78 is 5.43. The van der Waals surface area contributed by atoms with Crippen LogP contribution in [-0.2, 0) is 0 Å². The molecule has 0 amide bonds. The number of likely N-dealkylation sites (N-methyl/N-ethyl adjacent to an activating group) is 1. The molecule has 1 aromatic rings. The number of hydrogen-bond donors (Lipinski definition) is 0. The van der Waals surface area contributed by atoms with Crippen molar-refractivity contribution in [2.75, 3.05) is 27.2 Å². The second-order valence-corrected chi connectivity index (χ2v) is 6.46. The number of likely N-dealkylation sites (tertiary alicyclic amines) is 2. The zero-order valence-electron chi connectivity index (χ0n) is 13.3. The predicted molar refractivity (Wildman–Crippen MR) is 82.4 cm³/mol. The van der Waals surface area contributed by atoms with Gasteiger partial charge in [0.15, 0.2) is 0 Å². The zero-order valence-corrected chi connectivity index (χ0v) is 13.3. The number of hydrogen-bond acceptors (Lipinski definition) is 3. The van der Waals surface area contributed by atoms with Crippen molar-refractivity contribution in [2.45, 2.75) is 45.3 Å². The highest BCUT2D eigenvalue weighted by molar-refractivity contribution is 5.44. The molecule has 0 N–H and O–H groups in total. The lowest BCUT2D eigenvalue weighted by Gasteiger charge is -2.37. The maximum absolute atomic E-state index is 5.43. The van der Waals surface area contributed by atoms with Crippen LogP contribution >= 0.6 is 0 Å². The summed E-state index contributed by atoms with van der Waals surface area (Å²) in [5, 5.41) is 0. The average molecular weight is 274 g/mol. The summed E-state index contributed by atoms with van der Waals surface area (Å²) >= 11 is 0. The van der Waals surface area contributed by atoms with Crippen LogP contribution in [-0.4, -0.2) is 49.1 Å². The number of rotatable bonds is 3. The molecule has 3 rings (SSSR count). The Morgan fingerprint density at radius 1 is 1.15 bits per heavy atom. The lowest BCUT2D eigenvalue weighted by atomic mass is 9.96. The van der Waals surface area contributed by atoms with E-state index in [0.717, 1.165) is 17.8 Å². The van der Waals surface area contributed by atoms with Crippen LogP contribution in [0.2, 0.25) is 0 Å². The van der Waals surface area contributed by atoms with Gasteiger partial charge in [0, 0.05) is 31.2 Å². The van der Waals surface area contributed by atoms with Crippen LogP contribution in [0.25, 0.3) is 0 Å². The molecule has 3 atom stereocenters. The van der Waals surface area contributed by atoms with Gasteiger partial charge in [-0.25, -0.2) is 0 Å². The highest BCUT2D eigenvalue weighted by atomic mass is 16.5. The van der Waals surface area contributed by atoms with Crippen LogP contribution in [0.5, 0.6) is 5.75 Å². The summed E-state index contributed by atoms with van der Waals surface area (Å²) in [7, 11) is 4.01. The fraction of sp³-hybridized carbons (Fsp3) is 0.647. The van der Waals surface area contributed by atoms with E-state index in [9.17, 15) is 0 Å². The van der Waals surface area contributed by atoms with Crippen molar-refractivity contribution < 1.29 is 4.74 Å². The van der Waals surface area contributed by atoms with E-state index in [1.54, 1.807) is 7.11 Å². The van der Waals surface area contributed by atoms with E-state index >= 15 is 0 Å². The molecular formula is C17H26N2O. The van der Waals surface area contributed by atoms with Crippen LogP contribution < -0.4 is 4.74 Å². The Hall–Kier alpha value is -1.06. The number of fused-ring (bicyclic) bond motifs is 2. The Kier molecular flexibility index (Phi) is 3.51. The monoisotopic (exact) mass is 274 g/mol. The maximum Gasteiger partial charge on any atom is 0.122 e. The van der Waals surface area contributed by atoms with Gasteiger partial charge in [-0.05, 0) is 57.0 Å². The van der Waals surface area contributed by atoms with Crippen molar-refractivity contribution >= 4 is 0 Å². The summed E-state index contributed by atoms with van der Waals surface area (Å²) in [6, 6.07) is 6.38. The van der Waals surface area contributed by atoms with E-state index in [1.807, 2.05) is 0 Å². The molecule has 0 aliphatic carbocycles. The minimum absolute atomic E-state index is 0.503. The van der Waals surface area contributed by atoms with E-state index in [0.29, 0.717) is 6.04 Å². The van der Waals surface area contributed by atoms with Gasteiger partial charge in [0.1, 0.15) is 5.75 Å². The second kappa shape index (κ2) is 5.05. The minimum atomic E-state index is 0.503. The summed E-state index contributed by atoms with van der Waals surface area (Å²) in [6.07, 6.45) is 1.34. The van der Waals surface area contributed by atoms with Gasteiger partial charge >= 0.3 is 0 Å². The molecule has 2 saturated heterocycles. The lowest BCUT2D eigenvalue weighted by molar-refractivity contribution is 0.113. The second-order valence-electron chi connectivity index (χ2n) is 6.46. The van der Waals surface area contributed by atoms with Crippen molar-refractivity contribution in [1.29, 1.82) is 0 Å². The van der Waals surface area contributed by atoms with Crippen LogP contribution in [0.3, 0.4) is 0 Å². The normalized spacial score (nSPS) is 28.1. The largest absolute Gasteiger partial charge is 0.496 e. The molecule has 3 nitrogen and oxygen atoms in total. The molecule has 2 aliphatic rings. The topological polar surface area (TPSA) is 15.7 Å². The Morgan fingerprint density at radius 3 is 2.45 bits per heavy atom. The van der Waals surface area contributed by atoms with Gasteiger partial charge in [-0.2, -0.15) is 0 Å². The van der Waals surface area contributed by atoms with Gasteiger partial charge in [-0.15, -0.1) is 0 Å². The molecule has 110 valence electrons. The summed E-state index contributed by atoms with van der Waals surface area (Å²) in [4.78, 5) is 5.21. The van der Waals surface area contributed by atoms with Gasteiger partial charge in [-0.3, -0.25) is 4.90 Å². The molecular weight excluding hydrogens is 248 g/mol. The van der Waals surface area contributed by atoms with Crippen molar-refractivity contribution in [3.8, 4) is 5.75 Å². The quantitative estimate of drug-likeness (QED) is 0.843. The van der Waals surface area contributed by atoms with Crippen molar-refractivity contribution in [3.05, 3.63) is 28.8 Å². The molecule has 0 unspecified atom stereocenters. The number of methoxy groups -OCH3 is 1. The zero-order chi connectivity index (χ0) is 14.4. The summed E-state index contributed by atoms with van der Waals surface area (Å²) in [6.45, 7) is 9.18. The van der Waals surface area contributed by atoms with E-state index < -0.39 is 0 Å². The van der Waals surface area contributed by atoms with E-state index in [2.05, 4.69) is 49.8 Å². The Labute approximate surface area is 122 Å². The lowest BCUT2D eigenvalue weighted by Crippen LogP contribution is -2.45. The molecule has 0 radical (unpaired) electrons. The summed E-state index contributed by atoms with van der Waals surface area (Å²) in [5.41, 5.74) is 4.12. The first-order valence-corrected chi connectivity index (χ1v) is 7.63. The Morgan fingerprint density at radius 2 is 1.90 bits per heavy atom. The van der Waals surface area contributed by atoms with E-state index in [1.165, 1.54) is 36.2 Å². The average Bonchev–Trinajstić information content (AvgIpc) is 3.00. The molecule has 2 fully saturated rings. The number of ether oxygens (including phenoxy) is 1. The molecule has 20 heavy (non-hydrogen) atoms. The highest BCUT2D eigenvalue weighted by Gasteiger charge is 2.43. The summed E-state index contributed by atoms with van der Waals surface area (Å²) in [5.74, 6) is 1.00.